The maximum Gasteiger partial charge on any atom is 0.407 e. The highest BCUT2D eigenvalue weighted by molar-refractivity contribution is 5.99. The molecule has 1 aliphatic rings. The van der Waals surface area contributed by atoms with E-state index >= 15 is 0 Å². The van der Waals surface area contributed by atoms with Crippen molar-refractivity contribution >= 4 is 46.5 Å². The Morgan fingerprint density at radius 1 is 0.772 bits per heavy atom. The number of aromatic nitrogens is 2. The molecule has 14 heteroatoms. The normalized spacial score (nSPS) is 16.2. The van der Waals surface area contributed by atoms with Gasteiger partial charge in [0.15, 0.2) is 0 Å². The van der Waals surface area contributed by atoms with Crippen LogP contribution in [0.25, 0.3) is 22.0 Å². The number of hydrogen-bond acceptors (Lipinski definition) is 8. The Morgan fingerprint density at radius 3 is 2.12 bits per heavy atom. The molecule has 3 aromatic carbocycles. The highest BCUT2D eigenvalue weighted by atomic mass is 16.6. The molecule has 0 spiro atoms. The van der Waals surface area contributed by atoms with Crippen LogP contribution < -0.4 is 26.6 Å². The van der Waals surface area contributed by atoms with Crippen molar-refractivity contribution < 1.29 is 33.4 Å². The second-order valence-corrected chi connectivity index (χ2v) is 16.5. The number of nitrogens with one attached hydrogen (secondary N) is 6. The first-order chi connectivity index (χ1) is 27.0. The third-order valence-corrected chi connectivity index (χ3v) is 9.42. The number of alkyl carbamates (subject to hydrolysis) is 2. The minimum absolute atomic E-state index is 0.177. The Hall–Kier alpha value is -5.92. The van der Waals surface area contributed by atoms with Gasteiger partial charge >= 0.3 is 12.2 Å². The molecule has 14 nitrogen and oxygen atoms in total. The van der Waals surface area contributed by atoms with Crippen molar-refractivity contribution in [1.82, 2.24) is 31.5 Å². The van der Waals surface area contributed by atoms with Crippen LogP contribution in [-0.4, -0.2) is 77.0 Å². The van der Waals surface area contributed by atoms with Crippen LogP contribution in [0.4, 0.5) is 15.3 Å². The van der Waals surface area contributed by atoms with Crippen molar-refractivity contribution in [3.8, 4) is 11.1 Å². The van der Waals surface area contributed by atoms with Crippen molar-refractivity contribution in [2.45, 2.75) is 90.9 Å². The fraction of sp³-hybridized carbons (Fsp3) is 0.442. The second-order valence-electron chi connectivity index (χ2n) is 16.5. The molecule has 1 unspecified atom stereocenters. The van der Waals surface area contributed by atoms with Crippen LogP contribution in [0.2, 0.25) is 0 Å². The summed E-state index contributed by atoms with van der Waals surface area (Å²) >= 11 is 0. The Labute approximate surface area is 333 Å². The Kier molecular flexibility index (Phi) is 13.9. The average Bonchev–Trinajstić information content (AvgIpc) is 3.62. The van der Waals surface area contributed by atoms with Gasteiger partial charge in [-0.1, -0.05) is 36.4 Å². The van der Waals surface area contributed by atoms with Crippen LogP contribution in [0.1, 0.15) is 83.1 Å². The molecule has 57 heavy (non-hydrogen) atoms. The van der Waals surface area contributed by atoms with Crippen molar-refractivity contribution in [3.05, 3.63) is 84.1 Å². The molecule has 1 saturated carbocycles. The molecule has 0 aliphatic heterocycles. The SMILES string of the molecule is CC(C)(C)OC(=O)NCCNC(=O)c1ccc(-c2cccc(CC(NC(=O)C3CCC(CNC(=O)OC(C)(C)C)CC3)C(=O)Nc3ccc4cn[nH]c4c3)c2)cc1. The molecule has 1 aromatic heterocycles. The molecule has 0 bridgehead atoms. The molecule has 4 aromatic rings. The predicted octanol–water partition coefficient (Wildman–Crippen LogP) is 6.48. The molecule has 6 N–H and O–H groups in total. The zero-order chi connectivity index (χ0) is 41.2. The summed E-state index contributed by atoms with van der Waals surface area (Å²) in [6.45, 7) is 11.7. The number of anilines is 1. The van der Waals surface area contributed by atoms with E-state index in [0.717, 1.165) is 40.4 Å². The van der Waals surface area contributed by atoms with Gasteiger partial charge in [-0.3, -0.25) is 19.5 Å². The maximum atomic E-state index is 13.9. The van der Waals surface area contributed by atoms with E-state index in [-0.39, 0.29) is 49.1 Å². The van der Waals surface area contributed by atoms with Crippen LogP contribution in [0, 0.1) is 11.8 Å². The zero-order valence-corrected chi connectivity index (χ0v) is 33.6. The topological polar surface area (TPSA) is 193 Å². The lowest BCUT2D eigenvalue weighted by atomic mass is 9.81. The highest BCUT2D eigenvalue weighted by Crippen LogP contribution is 2.29. The standard InChI is InChI=1S/C43H55N7O7/c1-42(2,3)56-40(54)45-21-20-44-37(51)30-16-14-29(15-17-30)32-9-7-8-28(22-32)23-36(39(53)48-34-19-18-33-26-47-50-35(33)24-34)49-38(52)31-12-10-27(11-13-31)25-46-41(55)57-43(4,5)6/h7-9,14-19,22,24,26-27,31,36H,10-13,20-21,23,25H2,1-6H3,(H,44,51)(H,45,54)(H,46,55)(H,47,50)(H,48,53)(H,49,52). The minimum atomic E-state index is -0.868. The highest BCUT2D eigenvalue weighted by Gasteiger charge is 2.30. The van der Waals surface area contributed by atoms with Gasteiger partial charge in [0.1, 0.15) is 17.2 Å². The van der Waals surface area contributed by atoms with E-state index in [2.05, 4.69) is 36.8 Å². The number of fused-ring (bicyclic) bond motifs is 1. The van der Waals surface area contributed by atoms with E-state index < -0.39 is 29.4 Å². The predicted molar refractivity (Wildman–Crippen MR) is 218 cm³/mol. The molecule has 304 valence electrons. The first-order valence-corrected chi connectivity index (χ1v) is 19.5. The lowest BCUT2D eigenvalue weighted by Crippen LogP contribution is -2.48. The van der Waals surface area contributed by atoms with Crippen LogP contribution in [-0.2, 0) is 25.5 Å². The summed E-state index contributed by atoms with van der Waals surface area (Å²) in [7, 11) is 0. The van der Waals surface area contributed by atoms with Crippen molar-refractivity contribution in [3.63, 3.8) is 0 Å². The van der Waals surface area contributed by atoms with Gasteiger partial charge in [-0.25, -0.2) is 9.59 Å². The summed E-state index contributed by atoms with van der Waals surface area (Å²) < 4.78 is 10.6. The van der Waals surface area contributed by atoms with Gasteiger partial charge in [-0.05, 0) is 120 Å². The second kappa shape index (κ2) is 18.8. The number of aromatic amines is 1. The third kappa shape index (κ3) is 13.4. The summed E-state index contributed by atoms with van der Waals surface area (Å²) in [5, 5.41) is 22.2. The molecule has 5 amide bonds. The molecular weight excluding hydrogens is 727 g/mol. The molecule has 0 radical (unpaired) electrons. The van der Waals surface area contributed by atoms with Gasteiger partial charge in [0.2, 0.25) is 11.8 Å². The van der Waals surface area contributed by atoms with E-state index in [1.165, 1.54) is 0 Å². The Morgan fingerprint density at radius 2 is 1.44 bits per heavy atom. The van der Waals surface area contributed by atoms with Gasteiger partial charge in [0.05, 0.1) is 11.7 Å². The zero-order valence-electron chi connectivity index (χ0n) is 33.6. The smallest absolute Gasteiger partial charge is 0.407 e. The van der Waals surface area contributed by atoms with Crippen LogP contribution >= 0.6 is 0 Å². The largest absolute Gasteiger partial charge is 0.444 e. The van der Waals surface area contributed by atoms with Crippen molar-refractivity contribution in [2.24, 2.45) is 11.8 Å². The van der Waals surface area contributed by atoms with E-state index in [4.69, 9.17) is 9.47 Å². The number of ether oxygens (including phenoxy) is 2. The number of H-pyrrole nitrogens is 1. The first kappa shape index (κ1) is 42.2. The fourth-order valence-electron chi connectivity index (χ4n) is 6.60. The van der Waals surface area contributed by atoms with Gasteiger partial charge in [0, 0.05) is 48.6 Å². The van der Waals surface area contributed by atoms with Crippen LogP contribution in [0.3, 0.4) is 0 Å². The third-order valence-electron chi connectivity index (χ3n) is 9.42. The maximum absolute atomic E-state index is 13.9. The summed E-state index contributed by atoms with van der Waals surface area (Å²) in [5.74, 6) is -0.827. The minimum Gasteiger partial charge on any atom is -0.444 e. The van der Waals surface area contributed by atoms with Gasteiger partial charge in [0.25, 0.3) is 5.91 Å². The Bertz CT molecular complexity index is 2020. The first-order valence-electron chi connectivity index (χ1n) is 19.5. The molecule has 1 atom stereocenters. The summed E-state index contributed by atoms with van der Waals surface area (Å²) in [6.07, 6.45) is 3.77. The van der Waals surface area contributed by atoms with Crippen LogP contribution in [0.5, 0.6) is 0 Å². The molecule has 0 saturated heterocycles. The van der Waals surface area contributed by atoms with Crippen molar-refractivity contribution in [1.29, 1.82) is 0 Å². The van der Waals surface area contributed by atoms with E-state index in [0.29, 0.717) is 30.6 Å². The van der Waals surface area contributed by atoms with Gasteiger partial charge < -0.3 is 36.1 Å². The summed E-state index contributed by atoms with van der Waals surface area (Å²) in [5.41, 5.74) is 3.23. The number of rotatable bonds is 13. The lowest BCUT2D eigenvalue weighted by Gasteiger charge is -2.29. The molecule has 1 fully saturated rings. The molecule has 1 heterocycles. The monoisotopic (exact) mass is 781 g/mol. The van der Waals surface area contributed by atoms with E-state index in [9.17, 15) is 24.0 Å². The summed E-state index contributed by atoms with van der Waals surface area (Å²) in [6, 6.07) is 19.5. The molecule has 5 rings (SSSR count). The summed E-state index contributed by atoms with van der Waals surface area (Å²) in [4.78, 5) is 64.3. The Balaban J connectivity index is 1.21. The quantitative estimate of drug-likeness (QED) is 0.0830. The number of carbonyl (C=O) groups is 5. The van der Waals surface area contributed by atoms with Crippen LogP contribution in [0.15, 0.2) is 72.9 Å². The average molecular weight is 782 g/mol. The lowest BCUT2D eigenvalue weighted by molar-refractivity contribution is -0.130. The number of benzene rings is 3. The van der Waals surface area contributed by atoms with Gasteiger partial charge in [-0.15, -0.1) is 0 Å². The number of hydrogen-bond donors (Lipinski definition) is 6. The number of amides is 5. The van der Waals surface area contributed by atoms with E-state index in [1.54, 1.807) is 51.2 Å². The molecule has 1 aliphatic carbocycles. The number of carbonyl (C=O) groups excluding carboxylic acids is 5. The van der Waals surface area contributed by atoms with Crippen molar-refractivity contribution in [2.75, 3.05) is 25.0 Å². The number of nitrogens with zero attached hydrogens (tertiary/aromatic N) is 1. The molecular formula is C43H55N7O7. The fourth-order valence-corrected chi connectivity index (χ4v) is 6.60. The van der Waals surface area contributed by atoms with E-state index in [1.807, 2.05) is 63.2 Å². The van der Waals surface area contributed by atoms with Gasteiger partial charge in [-0.2, -0.15) is 5.10 Å².